The maximum absolute atomic E-state index is 12.2. The molecule has 2 aromatic heterocycles. The van der Waals surface area contributed by atoms with Gasteiger partial charge in [0.15, 0.2) is 0 Å². The Morgan fingerprint density at radius 3 is 2.69 bits per heavy atom. The summed E-state index contributed by atoms with van der Waals surface area (Å²) in [6.45, 7) is 4.22. The van der Waals surface area contributed by atoms with Crippen molar-refractivity contribution >= 4 is 34.6 Å². The molecule has 0 spiro atoms. The molecule has 1 aliphatic rings. The number of fused-ring (bicyclic) bond motifs is 1. The molecule has 4 rings (SSSR count). The van der Waals surface area contributed by atoms with Gasteiger partial charge in [0.2, 0.25) is 5.91 Å². The quantitative estimate of drug-likeness (QED) is 0.393. The molecule has 0 aliphatic carbocycles. The van der Waals surface area contributed by atoms with Crippen molar-refractivity contribution in [2.75, 3.05) is 31.6 Å². The predicted octanol–water partition coefficient (Wildman–Crippen LogP) is 3.68. The minimum atomic E-state index is -0.517. The van der Waals surface area contributed by atoms with E-state index >= 15 is 0 Å². The van der Waals surface area contributed by atoms with E-state index in [0.29, 0.717) is 31.7 Å². The summed E-state index contributed by atoms with van der Waals surface area (Å²) >= 11 is 0. The Kier molecular flexibility index (Phi) is 8.28. The molecule has 188 valence electrons. The predicted molar refractivity (Wildman–Crippen MR) is 136 cm³/mol. The Bertz CT molecular complexity index is 1230. The van der Waals surface area contributed by atoms with E-state index in [4.69, 9.17) is 4.74 Å². The minimum Gasteiger partial charge on any atom is -0.449 e. The van der Waals surface area contributed by atoms with Crippen LogP contribution in [0.4, 0.5) is 15.4 Å². The number of urea groups is 1. The van der Waals surface area contributed by atoms with Crippen molar-refractivity contribution in [1.82, 2.24) is 25.5 Å². The van der Waals surface area contributed by atoms with Crippen LogP contribution < -0.4 is 16.0 Å². The second-order valence-electron chi connectivity index (χ2n) is 8.44. The molecule has 3 N–H and O–H groups in total. The van der Waals surface area contributed by atoms with E-state index in [1.54, 1.807) is 23.5 Å². The second-order valence-corrected chi connectivity index (χ2v) is 8.44. The van der Waals surface area contributed by atoms with Gasteiger partial charge in [0.05, 0.1) is 6.61 Å². The standard InChI is InChI=1S/C26H30N6O4/c1-2-28-25(34)31-23-15-21-20(18-8-10-27-11-9-18)7-6-19(22(21)17-29-23)16-30-26(35)36-14-4-13-32-12-3-5-24(32)33/h6-11,15,17H,2-5,12-14,16H2,1H3,(H,30,35)(H2,28,29,31,34). The van der Waals surface area contributed by atoms with E-state index in [2.05, 4.69) is 25.9 Å². The van der Waals surface area contributed by atoms with Gasteiger partial charge in [0.1, 0.15) is 5.82 Å². The van der Waals surface area contributed by atoms with Crippen LogP contribution in [0.1, 0.15) is 31.7 Å². The fraction of sp³-hybridized carbons (Fsp3) is 0.346. The highest BCUT2D eigenvalue weighted by Gasteiger charge is 2.19. The van der Waals surface area contributed by atoms with E-state index in [-0.39, 0.29) is 25.1 Å². The molecule has 1 aliphatic heterocycles. The molecule has 1 aromatic carbocycles. The zero-order chi connectivity index (χ0) is 25.3. The average molecular weight is 491 g/mol. The van der Waals surface area contributed by atoms with Crippen molar-refractivity contribution in [2.45, 2.75) is 32.7 Å². The zero-order valence-corrected chi connectivity index (χ0v) is 20.3. The van der Waals surface area contributed by atoms with Gasteiger partial charge >= 0.3 is 12.1 Å². The molecule has 3 aromatic rings. The maximum Gasteiger partial charge on any atom is 0.407 e. The van der Waals surface area contributed by atoms with Gasteiger partial charge in [0.25, 0.3) is 0 Å². The molecule has 0 radical (unpaired) electrons. The van der Waals surface area contributed by atoms with Gasteiger partial charge in [-0.1, -0.05) is 12.1 Å². The van der Waals surface area contributed by atoms with Crippen LogP contribution in [0, 0.1) is 0 Å². The Morgan fingerprint density at radius 1 is 1.11 bits per heavy atom. The van der Waals surface area contributed by atoms with Gasteiger partial charge in [0, 0.05) is 56.6 Å². The van der Waals surface area contributed by atoms with Crippen LogP contribution in [0.3, 0.4) is 0 Å². The van der Waals surface area contributed by atoms with E-state index < -0.39 is 6.09 Å². The Hall–Kier alpha value is -4.21. The number of rotatable bonds is 9. The summed E-state index contributed by atoms with van der Waals surface area (Å²) in [4.78, 5) is 46.2. The van der Waals surface area contributed by atoms with Gasteiger partial charge < -0.3 is 20.3 Å². The van der Waals surface area contributed by atoms with Crippen molar-refractivity contribution in [3.63, 3.8) is 0 Å². The number of hydrogen-bond donors (Lipinski definition) is 3. The van der Waals surface area contributed by atoms with Gasteiger partial charge in [-0.05, 0) is 60.0 Å². The van der Waals surface area contributed by atoms with Crippen molar-refractivity contribution < 1.29 is 19.1 Å². The zero-order valence-electron chi connectivity index (χ0n) is 20.3. The second kappa shape index (κ2) is 12.0. The Balaban J connectivity index is 1.45. The molecule has 4 amide bonds. The number of alkyl carbamates (subject to hydrolysis) is 1. The number of hydrogen-bond acceptors (Lipinski definition) is 6. The first-order valence-electron chi connectivity index (χ1n) is 12.1. The third-order valence-corrected chi connectivity index (χ3v) is 5.96. The monoisotopic (exact) mass is 490 g/mol. The third kappa shape index (κ3) is 6.26. The normalized spacial score (nSPS) is 13.0. The van der Waals surface area contributed by atoms with E-state index in [1.165, 1.54) is 0 Å². The number of amides is 4. The molecule has 10 nitrogen and oxygen atoms in total. The third-order valence-electron chi connectivity index (χ3n) is 5.96. The van der Waals surface area contributed by atoms with Crippen LogP contribution >= 0.6 is 0 Å². The Morgan fingerprint density at radius 2 is 1.94 bits per heavy atom. The number of carbonyl (C=O) groups is 3. The first-order chi connectivity index (χ1) is 17.5. The fourth-order valence-electron chi connectivity index (χ4n) is 4.20. The van der Waals surface area contributed by atoms with Crippen molar-refractivity contribution in [3.8, 4) is 11.1 Å². The number of benzene rings is 1. The first kappa shape index (κ1) is 24.9. The smallest absolute Gasteiger partial charge is 0.407 e. The van der Waals surface area contributed by atoms with Crippen LogP contribution in [-0.2, 0) is 16.1 Å². The molecule has 0 unspecified atom stereocenters. The summed E-state index contributed by atoms with van der Waals surface area (Å²) in [6.07, 6.45) is 6.73. The van der Waals surface area contributed by atoms with Crippen LogP contribution in [-0.4, -0.2) is 59.1 Å². The number of likely N-dealkylation sites (tertiary alicyclic amines) is 1. The number of aromatic nitrogens is 2. The maximum atomic E-state index is 12.2. The van der Waals surface area contributed by atoms with Crippen molar-refractivity contribution in [1.29, 1.82) is 0 Å². The first-order valence-corrected chi connectivity index (χ1v) is 12.1. The minimum absolute atomic E-state index is 0.166. The molecule has 0 bridgehead atoms. The molecule has 1 saturated heterocycles. The number of pyridine rings is 2. The molecule has 3 heterocycles. The summed E-state index contributed by atoms with van der Waals surface area (Å²) in [6, 6.07) is 9.24. The largest absolute Gasteiger partial charge is 0.449 e. The highest BCUT2D eigenvalue weighted by molar-refractivity contribution is 6.00. The van der Waals surface area contributed by atoms with Crippen LogP contribution in [0.25, 0.3) is 21.9 Å². The number of carbonyl (C=O) groups excluding carboxylic acids is 3. The molecule has 1 fully saturated rings. The lowest BCUT2D eigenvalue weighted by atomic mass is 9.96. The molecular formula is C26H30N6O4. The van der Waals surface area contributed by atoms with Crippen LogP contribution in [0.15, 0.2) is 48.9 Å². The van der Waals surface area contributed by atoms with E-state index in [1.807, 2.05) is 37.3 Å². The topological polar surface area (TPSA) is 126 Å². The summed E-state index contributed by atoms with van der Waals surface area (Å²) in [7, 11) is 0. The van der Waals surface area contributed by atoms with Crippen LogP contribution in [0.2, 0.25) is 0 Å². The molecular weight excluding hydrogens is 460 g/mol. The number of nitrogens with zero attached hydrogens (tertiary/aromatic N) is 3. The Labute approximate surface area is 209 Å². The number of anilines is 1. The number of ether oxygens (including phenoxy) is 1. The van der Waals surface area contributed by atoms with Crippen molar-refractivity contribution in [2.24, 2.45) is 0 Å². The SMILES string of the molecule is CCNC(=O)Nc1cc2c(-c3ccncc3)ccc(CNC(=O)OCCCN3CCCC3=O)c2cn1. The highest BCUT2D eigenvalue weighted by Crippen LogP contribution is 2.31. The summed E-state index contributed by atoms with van der Waals surface area (Å²) in [5, 5.41) is 9.96. The van der Waals surface area contributed by atoms with E-state index in [0.717, 1.165) is 40.4 Å². The molecule has 10 heteroatoms. The molecule has 0 atom stereocenters. The summed E-state index contributed by atoms with van der Waals surface area (Å²) in [5.74, 6) is 0.587. The number of nitrogens with one attached hydrogen (secondary N) is 3. The van der Waals surface area contributed by atoms with E-state index in [9.17, 15) is 14.4 Å². The van der Waals surface area contributed by atoms with Crippen LogP contribution in [0.5, 0.6) is 0 Å². The fourth-order valence-corrected chi connectivity index (χ4v) is 4.20. The van der Waals surface area contributed by atoms with Gasteiger partial charge in [-0.15, -0.1) is 0 Å². The summed E-state index contributed by atoms with van der Waals surface area (Å²) < 4.78 is 5.28. The van der Waals surface area contributed by atoms with Gasteiger partial charge in [-0.3, -0.25) is 15.1 Å². The van der Waals surface area contributed by atoms with Crippen molar-refractivity contribution in [3.05, 3.63) is 54.5 Å². The molecule has 36 heavy (non-hydrogen) atoms. The lowest BCUT2D eigenvalue weighted by molar-refractivity contribution is -0.127. The molecule has 0 saturated carbocycles. The van der Waals surface area contributed by atoms with Gasteiger partial charge in [-0.25, -0.2) is 14.6 Å². The lowest BCUT2D eigenvalue weighted by Gasteiger charge is -2.15. The van der Waals surface area contributed by atoms with Gasteiger partial charge in [-0.2, -0.15) is 0 Å². The lowest BCUT2D eigenvalue weighted by Crippen LogP contribution is -2.28. The highest BCUT2D eigenvalue weighted by atomic mass is 16.5. The average Bonchev–Trinajstić information content (AvgIpc) is 3.30. The summed E-state index contributed by atoms with van der Waals surface area (Å²) in [5.41, 5.74) is 2.79.